The summed E-state index contributed by atoms with van der Waals surface area (Å²) in [6, 6.07) is 12.9. The molecular weight excluding hydrogens is 346 g/mol. The lowest BCUT2D eigenvalue weighted by Crippen LogP contribution is -2.11. The summed E-state index contributed by atoms with van der Waals surface area (Å²) in [7, 11) is 3.22. The van der Waals surface area contributed by atoms with Gasteiger partial charge in [-0.05, 0) is 48.6 Å². The zero-order chi connectivity index (χ0) is 19.6. The quantitative estimate of drug-likeness (QED) is 0.665. The molecule has 0 unspecified atom stereocenters. The molecule has 0 radical (unpaired) electrons. The van der Waals surface area contributed by atoms with Gasteiger partial charge in [0, 0.05) is 24.6 Å². The van der Waals surface area contributed by atoms with Crippen molar-refractivity contribution in [1.82, 2.24) is 0 Å². The molecular formula is C21H25NO5. The molecule has 0 bridgehead atoms. The number of aliphatic carboxylic acids is 1. The van der Waals surface area contributed by atoms with Gasteiger partial charge in [0.15, 0.2) is 0 Å². The number of carboxylic acids is 1. The molecule has 2 aromatic carbocycles. The Kier molecular flexibility index (Phi) is 7.67. The van der Waals surface area contributed by atoms with E-state index in [1.165, 1.54) is 0 Å². The molecule has 27 heavy (non-hydrogen) atoms. The Morgan fingerprint density at radius 3 is 2.33 bits per heavy atom. The highest BCUT2D eigenvalue weighted by Gasteiger charge is 2.08. The van der Waals surface area contributed by atoms with Crippen molar-refractivity contribution in [2.45, 2.75) is 32.1 Å². The zero-order valence-electron chi connectivity index (χ0n) is 15.7. The first-order valence-corrected chi connectivity index (χ1v) is 8.83. The SMILES string of the molecule is COc1ccc(CCCC(=O)Nc2ccc(CCC(=O)O)cc2)c(OC)c1. The Morgan fingerprint density at radius 1 is 0.963 bits per heavy atom. The topological polar surface area (TPSA) is 84.9 Å². The maximum atomic E-state index is 12.1. The molecule has 0 aliphatic rings. The van der Waals surface area contributed by atoms with Gasteiger partial charge < -0.3 is 19.9 Å². The monoisotopic (exact) mass is 371 g/mol. The maximum absolute atomic E-state index is 12.1. The third-order valence-electron chi connectivity index (χ3n) is 4.21. The van der Waals surface area contributed by atoms with Gasteiger partial charge in [-0.2, -0.15) is 0 Å². The van der Waals surface area contributed by atoms with Crippen molar-refractivity contribution >= 4 is 17.6 Å². The standard InChI is InChI=1S/C21H25NO5/c1-26-18-12-9-16(19(14-18)27-2)4-3-5-20(23)22-17-10-6-15(7-11-17)8-13-21(24)25/h6-7,9-12,14H,3-5,8,13H2,1-2H3,(H,22,23)(H,24,25). The van der Waals surface area contributed by atoms with Crippen LogP contribution in [0, 0.1) is 0 Å². The molecule has 0 saturated carbocycles. The number of rotatable bonds is 10. The van der Waals surface area contributed by atoms with E-state index in [2.05, 4.69) is 5.32 Å². The summed E-state index contributed by atoms with van der Waals surface area (Å²) in [5.41, 5.74) is 2.68. The fourth-order valence-electron chi connectivity index (χ4n) is 2.73. The molecule has 6 nitrogen and oxygen atoms in total. The lowest BCUT2D eigenvalue weighted by molar-refractivity contribution is -0.137. The highest BCUT2D eigenvalue weighted by molar-refractivity contribution is 5.90. The van der Waals surface area contributed by atoms with Crippen molar-refractivity contribution in [2.75, 3.05) is 19.5 Å². The molecule has 0 aliphatic heterocycles. The van der Waals surface area contributed by atoms with Gasteiger partial charge in [-0.3, -0.25) is 9.59 Å². The smallest absolute Gasteiger partial charge is 0.303 e. The summed E-state index contributed by atoms with van der Waals surface area (Å²) in [6.45, 7) is 0. The number of hydrogen-bond donors (Lipinski definition) is 2. The van der Waals surface area contributed by atoms with E-state index in [1.807, 2.05) is 30.3 Å². The predicted molar refractivity (Wildman–Crippen MR) is 104 cm³/mol. The molecule has 0 saturated heterocycles. The number of ether oxygens (including phenoxy) is 2. The molecule has 0 fully saturated rings. The molecule has 2 N–H and O–H groups in total. The molecule has 0 heterocycles. The Balaban J connectivity index is 1.80. The Hall–Kier alpha value is -3.02. The third kappa shape index (κ3) is 6.66. The predicted octanol–water partition coefficient (Wildman–Crippen LogP) is 3.68. The minimum absolute atomic E-state index is 0.0548. The van der Waals surface area contributed by atoms with Gasteiger partial charge >= 0.3 is 5.97 Å². The summed E-state index contributed by atoms with van der Waals surface area (Å²) in [5.74, 6) is 0.619. The van der Waals surface area contributed by atoms with E-state index in [1.54, 1.807) is 26.4 Å². The van der Waals surface area contributed by atoms with Crippen LogP contribution in [0.15, 0.2) is 42.5 Å². The van der Waals surface area contributed by atoms with E-state index < -0.39 is 5.97 Å². The van der Waals surface area contributed by atoms with Crippen LogP contribution >= 0.6 is 0 Å². The molecule has 144 valence electrons. The van der Waals surface area contributed by atoms with Crippen LogP contribution < -0.4 is 14.8 Å². The summed E-state index contributed by atoms with van der Waals surface area (Å²) in [4.78, 5) is 22.7. The van der Waals surface area contributed by atoms with Crippen molar-refractivity contribution in [3.8, 4) is 11.5 Å². The number of carboxylic acid groups (broad SMARTS) is 1. The lowest BCUT2D eigenvalue weighted by atomic mass is 10.1. The number of amides is 1. The summed E-state index contributed by atoms with van der Waals surface area (Å²) < 4.78 is 10.6. The van der Waals surface area contributed by atoms with Gasteiger partial charge in [-0.1, -0.05) is 18.2 Å². The minimum atomic E-state index is -0.819. The number of aryl methyl sites for hydroxylation is 2. The normalized spacial score (nSPS) is 10.3. The average molecular weight is 371 g/mol. The van der Waals surface area contributed by atoms with Gasteiger partial charge in [0.1, 0.15) is 11.5 Å². The molecule has 0 spiro atoms. The molecule has 6 heteroatoms. The van der Waals surface area contributed by atoms with Crippen LogP contribution in [0.25, 0.3) is 0 Å². The van der Waals surface area contributed by atoms with Crippen LogP contribution in [0.1, 0.15) is 30.4 Å². The lowest BCUT2D eigenvalue weighted by Gasteiger charge is -2.10. The van der Waals surface area contributed by atoms with Crippen LogP contribution in [0.3, 0.4) is 0 Å². The number of benzene rings is 2. The molecule has 0 aliphatic carbocycles. The third-order valence-corrected chi connectivity index (χ3v) is 4.21. The van der Waals surface area contributed by atoms with Gasteiger partial charge in [0.25, 0.3) is 0 Å². The first-order valence-electron chi connectivity index (χ1n) is 8.83. The van der Waals surface area contributed by atoms with Crippen LogP contribution in [-0.2, 0) is 22.4 Å². The maximum Gasteiger partial charge on any atom is 0.303 e. The number of nitrogens with one attached hydrogen (secondary N) is 1. The Bertz CT molecular complexity index is 771. The van der Waals surface area contributed by atoms with Gasteiger partial charge in [-0.15, -0.1) is 0 Å². The number of methoxy groups -OCH3 is 2. The number of hydrogen-bond acceptors (Lipinski definition) is 4. The highest BCUT2D eigenvalue weighted by Crippen LogP contribution is 2.26. The van der Waals surface area contributed by atoms with Crippen LogP contribution in [0.2, 0.25) is 0 Å². The molecule has 2 aromatic rings. The number of anilines is 1. The van der Waals surface area contributed by atoms with E-state index in [4.69, 9.17) is 14.6 Å². The van der Waals surface area contributed by atoms with E-state index in [9.17, 15) is 9.59 Å². The first-order chi connectivity index (χ1) is 13.0. The zero-order valence-corrected chi connectivity index (χ0v) is 15.7. The molecule has 1 amide bonds. The van der Waals surface area contributed by atoms with Crippen LogP contribution in [-0.4, -0.2) is 31.2 Å². The van der Waals surface area contributed by atoms with E-state index in [0.29, 0.717) is 24.9 Å². The summed E-state index contributed by atoms with van der Waals surface area (Å²) >= 11 is 0. The fraction of sp³-hybridized carbons (Fsp3) is 0.333. The average Bonchev–Trinajstić information content (AvgIpc) is 2.67. The van der Waals surface area contributed by atoms with Gasteiger partial charge in [0.05, 0.1) is 14.2 Å². The molecule has 0 atom stereocenters. The van der Waals surface area contributed by atoms with Gasteiger partial charge in [0.2, 0.25) is 5.91 Å². The molecule has 0 aromatic heterocycles. The van der Waals surface area contributed by atoms with Crippen LogP contribution in [0.5, 0.6) is 11.5 Å². The minimum Gasteiger partial charge on any atom is -0.497 e. The van der Waals surface area contributed by atoms with Crippen molar-refractivity contribution in [3.05, 3.63) is 53.6 Å². The number of carbonyl (C=O) groups excluding carboxylic acids is 1. The Morgan fingerprint density at radius 2 is 1.70 bits per heavy atom. The fourth-order valence-corrected chi connectivity index (χ4v) is 2.73. The van der Waals surface area contributed by atoms with Crippen molar-refractivity contribution in [1.29, 1.82) is 0 Å². The van der Waals surface area contributed by atoms with Crippen molar-refractivity contribution < 1.29 is 24.2 Å². The Labute approximate surface area is 159 Å². The first kappa shape index (κ1) is 20.3. The van der Waals surface area contributed by atoms with Gasteiger partial charge in [-0.25, -0.2) is 0 Å². The summed E-state index contributed by atoms with van der Waals surface area (Å²) in [5, 5.41) is 11.6. The molecule has 2 rings (SSSR count). The van der Waals surface area contributed by atoms with E-state index in [-0.39, 0.29) is 12.3 Å². The highest BCUT2D eigenvalue weighted by atomic mass is 16.5. The van der Waals surface area contributed by atoms with Crippen molar-refractivity contribution in [3.63, 3.8) is 0 Å². The second-order valence-corrected chi connectivity index (χ2v) is 6.17. The van der Waals surface area contributed by atoms with Crippen molar-refractivity contribution in [2.24, 2.45) is 0 Å². The second-order valence-electron chi connectivity index (χ2n) is 6.17. The van der Waals surface area contributed by atoms with E-state index >= 15 is 0 Å². The van der Waals surface area contributed by atoms with E-state index in [0.717, 1.165) is 29.0 Å². The largest absolute Gasteiger partial charge is 0.497 e. The number of carbonyl (C=O) groups is 2. The second kappa shape index (κ2) is 10.2. The summed E-state index contributed by atoms with van der Waals surface area (Å²) in [6.07, 6.45) is 2.41. The van der Waals surface area contributed by atoms with Crippen LogP contribution in [0.4, 0.5) is 5.69 Å².